The number of aryl methyl sites for hydroxylation is 1. The van der Waals surface area contributed by atoms with Gasteiger partial charge in [0, 0.05) is 0 Å². The van der Waals surface area contributed by atoms with Crippen molar-refractivity contribution in [2.45, 2.75) is 6.92 Å². The summed E-state index contributed by atoms with van der Waals surface area (Å²) in [5.74, 6) is -0.984. The molecule has 4 nitrogen and oxygen atoms in total. The van der Waals surface area contributed by atoms with E-state index in [4.69, 9.17) is 0 Å². The van der Waals surface area contributed by atoms with Crippen LogP contribution >= 0.6 is 0 Å². The average molecular weight is 281 g/mol. The number of halogens is 1. The second kappa shape index (κ2) is 5.28. The highest BCUT2D eigenvalue weighted by molar-refractivity contribution is 6.08. The molecule has 0 aliphatic heterocycles. The van der Waals surface area contributed by atoms with E-state index in [1.165, 1.54) is 23.0 Å². The van der Waals surface area contributed by atoms with Gasteiger partial charge in [-0.25, -0.2) is 9.07 Å². The fourth-order valence-corrected chi connectivity index (χ4v) is 2.09. The zero-order valence-electron chi connectivity index (χ0n) is 11.3. The minimum atomic E-state index is -0.541. The molecule has 0 saturated heterocycles. The Morgan fingerprint density at radius 3 is 2.62 bits per heavy atom. The Morgan fingerprint density at radius 2 is 1.90 bits per heavy atom. The Kier molecular flexibility index (Phi) is 3.31. The minimum Gasteiger partial charge on any atom is -0.287 e. The summed E-state index contributed by atoms with van der Waals surface area (Å²) in [6.07, 6.45) is 1.34. The summed E-state index contributed by atoms with van der Waals surface area (Å²) in [4.78, 5) is 12.5. The Morgan fingerprint density at radius 1 is 1.14 bits per heavy atom. The van der Waals surface area contributed by atoms with Gasteiger partial charge in [0.1, 0.15) is 11.5 Å². The normalized spacial score (nSPS) is 10.6. The molecule has 5 heteroatoms. The summed E-state index contributed by atoms with van der Waals surface area (Å²) in [5, 5.41) is 7.67. The number of hydrogen-bond donors (Lipinski definition) is 0. The summed E-state index contributed by atoms with van der Waals surface area (Å²) in [6, 6.07) is 13.6. The van der Waals surface area contributed by atoms with Crippen LogP contribution in [0.1, 0.15) is 21.6 Å². The van der Waals surface area contributed by atoms with Crippen molar-refractivity contribution in [2.75, 3.05) is 0 Å². The SMILES string of the molecule is Cc1ccc(C(=O)c2cnnn2-c2ccccc2)c(F)c1. The summed E-state index contributed by atoms with van der Waals surface area (Å²) in [7, 11) is 0. The molecule has 1 aromatic heterocycles. The van der Waals surface area contributed by atoms with Crippen molar-refractivity contribution in [2.24, 2.45) is 0 Å². The predicted molar refractivity (Wildman–Crippen MR) is 75.9 cm³/mol. The first-order valence-electron chi connectivity index (χ1n) is 6.44. The summed E-state index contributed by atoms with van der Waals surface area (Å²) in [5.41, 5.74) is 1.70. The van der Waals surface area contributed by atoms with Crippen molar-refractivity contribution in [1.82, 2.24) is 15.0 Å². The van der Waals surface area contributed by atoms with Gasteiger partial charge in [0.05, 0.1) is 17.4 Å². The Bertz CT molecular complexity index is 796. The molecule has 0 atom stereocenters. The molecule has 0 aliphatic rings. The maximum Gasteiger partial charge on any atom is 0.216 e. The van der Waals surface area contributed by atoms with Crippen molar-refractivity contribution in [1.29, 1.82) is 0 Å². The molecule has 0 unspecified atom stereocenters. The van der Waals surface area contributed by atoms with Crippen LogP contribution in [0.3, 0.4) is 0 Å². The number of carbonyl (C=O) groups excluding carboxylic acids is 1. The smallest absolute Gasteiger partial charge is 0.216 e. The van der Waals surface area contributed by atoms with Crippen LogP contribution in [0.25, 0.3) is 5.69 Å². The zero-order valence-corrected chi connectivity index (χ0v) is 11.3. The molecule has 3 rings (SSSR count). The van der Waals surface area contributed by atoms with Crippen LogP contribution in [-0.2, 0) is 0 Å². The molecule has 1 heterocycles. The summed E-state index contributed by atoms with van der Waals surface area (Å²) >= 11 is 0. The highest BCUT2D eigenvalue weighted by Gasteiger charge is 2.19. The number of rotatable bonds is 3. The molecular weight excluding hydrogens is 269 g/mol. The molecule has 21 heavy (non-hydrogen) atoms. The predicted octanol–water partition coefficient (Wildman–Crippen LogP) is 2.95. The number of nitrogens with zero attached hydrogens (tertiary/aromatic N) is 3. The van der Waals surface area contributed by atoms with E-state index in [1.807, 2.05) is 18.2 Å². The number of hydrogen-bond acceptors (Lipinski definition) is 3. The monoisotopic (exact) mass is 281 g/mol. The highest BCUT2D eigenvalue weighted by atomic mass is 19.1. The number of aromatic nitrogens is 3. The average Bonchev–Trinajstić information content (AvgIpc) is 2.97. The molecular formula is C16H12FN3O. The Labute approximate surface area is 120 Å². The standard InChI is InChI=1S/C16H12FN3O/c1-11-7-8-13(14(17)9-11)16(21)15-10-18-19-20(15)12-5-3-2-4-6-12/h2-10H,1H3. The highest BCUT2D eigenvalue weighted by Crippen LogP contribution is 2.17. The molecule has 0 fully saturated rings. The van der Waals surface area contributed by atoms with Gasteiger partial charge in [-0.05, 0) is 36.8 Å². The molecule has 0 aliphatic carbocycles. The van der Waals surface area contributed by atoms with Crippen molar-refractivity contribution < 1.29 is 9.18 Å². The third-order valence-corrected chi connectivity index (χ3v) is 3.15. The molecule has 0 bridgehead atoms. The van der Waals surface area contributed by atoms with Gasteiger partial charge in [-0.2, -0.15) is 0 Å². The van der Waals surface area contributed by atoms with Gasteiger partial charge in [-0.1, -0.05) is 29.5 Å². The van der Waals surface area contributed by atoms with E-state index in [0.717, 1.165) is 5.56 Å². The van der Waals surface area contributed by atoms with E-state index in [0.29, 0.717) is 5.69 Å². The zero-order chi connectivity index (χ0) is 14.8. The topological polar surface area (TPSA) is 47.8 Å². The molecule has 2 aromatic carbocycles. The van der Waals surface area contributed by atoms with E-state index >= 15 is 0 Å². The second-order valence-corrected chi connectivity index (χ2v) is 4.68. The molecule has 104 valence electrons. The maximum absolute atomic E-state index is 14.0. The second-order valence-electron chi connectivity index (χ2n) is 4.68. The lowest BCUT2D eigenvalue weighted by Gasteiger charge is -2.06. The number of carbonyl (C=O) groups is 1. The van der Waals surface area contributed by atoms with E-state index in [9.17, 15) is 9.18 Å². The summed E-state index contributed by atoms with van der Waals surface area (Å²) in [6.45, 7) is 1.77. The number of para-hydroxylation sites is 1. The largest absolute Gasteiger partial charge is 0.287 e. The van der Waals surface area contributed by atoms with Crippen LogP contribution in [0, 0.1) is 12.7 Å². The molecule has 0 saturated carbocycles. The van der Waals surface area contributed by atoms with E-state index in [1.54, 1.807) is 25.1 Å². The molecule has 0 amide bonds. The molecule has 0 radical (unpaired) electrons. The van der Waals surface area contributed by atoms with Gasteiger partial charge in [-0.15, -0.1) is 5.10 Å². The van der Waals surface area contributed by atoms with E-state index in [2.05, 4.69) is 10.3 Å². The third kappa shape index (κ3) is 2.45. The molecule has 0 spiro atoms. The fraction of sp³-hybridized carbons (Fsp3) is 0.0625. The van der Waals surface area contributed by atoms with Crippen LogP contribution < -0.4 is 0 Å². The van der Waals surface area contributed by atoms with Crippen molar-refractivity contribution >= 4 is 5.78 Å². The molecule has 0 N–H and O–H groups in total. The maximum atomic E-state index is 14.0. The van der Waals surface area contributed by atoms with Crippen LogP contribution in [0.4, 0.5) is 4.39 Å². The number of benzene rings is 2. The lowest BCUT2D eigenvalue weighted by Crippen LogP contribution is -2.11. The summed E-state index contributed by atoms with van der Waals surface area (Å²) < 4.78 is 15.4. The third-order valence-electron chi connectivity index (χ3n) is 3.15. The lowest BCUT2D eigenvalue weighted by molar-refractivity contribution is 0.102. The van der Waals surface area contributed by atoms with Gasteiger partial charge in [-0.3, -0.25) is 4.79 Å². The van der Waals surface area contributed by atoms with Gasteiger partial charge < -0.3 is 0 Å². The lowest BCUT2D eigenvalue weighted by atomic mass is 10.1. The van der Waals surface area contributed by atoms with Crippen molar-refractivity contribution in [3.8, 4) is 5.69 Å². The minimum absolute atomic E-state index is 0.0140. The van der Waals surface area contributed by atoms with Gasteiger partial charge in [0.2, 0.25) is 5.78 Å². The fourth-order valence-electron chi connectivity index (χ4n) is 2.09. The first-order chi connectivity index (χ1) is 10.2. The van der Waals surface area contributed by atoms with Crippen LogP contribution in [0.5, 0.6) is 0 Å². The van der Waals surface area contributed by atoms with Crippen molar-refractivity contribution in [3.05, 3.63) is 77.4 Å². The van der Waals surface area contributed by atoms with Crippen LogP contribution in [-0.4, -0.2) is 20.8 Å². The van der Waals surface area contributed by atoms with Crippen LogP contribution in [0.2, 0.25) is 0 Å². The van der Waals surface area contributed by atoms with E-state index in [-0.39, 0.29) is 11.3 Å². The van der Waals surface area contributed by atoms with Gasteiger partial charge >= 0.3 is 0 Å². The van der Waals surface area contributed by atoms with E-state index < -0.39 is 11.6 Å². The Balaban J connectivity index is 2.06. The van der Waals surface area contributed by atoms with Crippen molar-refractivity contribution in [3.63, 3.8) is 0 Å². The van der Waals surface area contributed by atoms with Crippen LogP contribution in [0.15, 0.2) is 54.7 Å². The van der Waals surface area contributed by atoms with Gasteiger partial charge in [0.25, 0.3) is 0 Å². The number of ketones is 1. The first-order valence-corrected chi connectivity index (χ1v) is 6.44. The first kappa shape index (κ1) is 13.2. The Hall–Kier alpha value is -2.82. The molecule has 3 aromatic rings. The quantitative estimate of drug-likeness (QED) is 0.693. The van der Waals surface area contributed by atoms with Gasteiger partial charge in [0.15, 0.2) is 0 Å².